The Bertz CT molecular complexity index is 1300. The first-order valence-corrected chi connectivity index (χ1v) is 12.5. The van der Waals surface area contributed by atoms with Gasteiger partial charge in [0.15, 0.2) is 0 Å². The fourth-order valence-electron chi connectivity index (χ4n) is 5.80. The molecule has 0 bridgehead atoms. The van der Waals surface area contributed by atoms with Crippen molar-refractivity contribution in [2.75, 3.05) is 25.6 Å². The van der Waals surface area contributed by atoms with Crippen molar-refractivity contribution in [3.8, 4) is 16.9 Å². The van der Waals surface area contributed by atoms with E-state index in [1.807, 2.05) is 48.5 Å². The van der Waals surface area contributed by atoms with Crippen molar-refractivity contribution in [1.29, 1.82) is 0 Å². The lowest BCUT2D eigenvalue weighted by molar-refractivity contribution is -0.0347. The van der Waals surface area contributed by atoms with Crippen molar-refractivity contribution in [3.63, 3.8) is 0 Å². The van der Waals surface area contributed by atoms with E-state index in [-0.39, 0.29) is 37.3 Å². The Kier molecular flexibility index (Phi) is 5.37. The predicted octanol–water partition coefficient (Wildman–Crippen LogP) is 6.55. The number of likely N-dealkylation sites (tertiary alicyclic amines) is 1. The van der Waals surface area contributed by atoms with Gasteiger partial charge in [0, 0.05) is 18.2 Å². The summed E-state index contributed by atoms with van der Waals surface area (Å²) in [4.78, 5) is 14.7. The Labute approximate surface area is 210 Å². The molecule has 6 rings (SSSR count). The van der Waals surface area contributed by atoms with Crippen LogP contribution >= 0.6 is 11.8 Å². The summed E-state index contributed by atoms with van der Waals surface area (Å²) in [5.74, 6) is 0.342. The number of fused-ring (bicyclic) bond motifs is 6. The number of carbonyl (C=O) groups excluding carboxylic acids is 1. The summed E-state index contributed by atoms with van der Waals surface area (Å²) in [6, 6.07) is 21.0. The van der Waals surface area contributed by atoms with Gasteiger partial charge in [-0.2, -0.15) is 13.2 Å². The van der Waals surface area contributed by atoms with Gasteiger partial charge >= 0.3 is 11.6 Å². The number of ether oxygens (including phenoxy) is 2. The Morgan fingerprint density at radius 2 is 1.75 bits per heavy atom. The topological polar surface area (TPSA) is 50.8 Å². The van der Waals surface area contributed by atoms with Crippen LogP contribution in [0.25, 0.3) is 11.1 Å². The van der Waals surface area contributed by atoms with E-state index in [0.29, 0.717) is 17.0 Å². The van der Waals surface area contributed by atoms with Crippen molar-refractivity contribution in [2.45, 2.75) is 28.8 Å². The highest BCUT2D eigenvalue weighted by molar-refractivity contribution is 8.01. The first kappa shape index (κ1) is 23.1. The number of amides is 1. The average molecular weight is 513 g/mol. The van der Waals surface area contributed by atoms with Crippen molar-refractivity contribution in [3.05, 3.63) is 83.4 Å². The number of nitrogens with one attached hydrogen (secondary N) is 1. The van der Waals surface area contributed by atoms with Gasteiger partial charge in [-0.1, -0.05) is 48.5 Å². The highest BCUT2D eigenvalue weighted by Crippen LogP contribution is 2.60. The maximum Gasteiger partial charge on any atom is 0.442 e. The van der Waals surface area contributed by atoms with Crippen molar-refractivity contribution >= 4 is 23.5 Å². The summed E-state index contributed by atoms with van der Waals surface area (Å²) in [7, 11) is 1.48. The fraction of sp³-hybridized carbons (Fsp3) is 0.296. The van der Waals surface area contributed by atoms with Gasteiger partial charge in [0.1, 0.15) is 18.5 Å². The summed E-state index contributed by atoms with van der Waals surface area (Å²) < 4.78 is 50.9. The van der Waals surface area contributed by atoms with Crippen LogP contribution < -0.4 is 10.1 Å². The number of nitrogens with zero attached hydrogens (tertiary/aromatic N) is 1. The number of hydrogen-bond donors (Lipinski definition) is 1. The predicted molar refractivity (Wildman–Crippen MR) is 132 cm³/mol. The van der Waals surface area contributed by atoms with Crippen LogP contribution in [-0.2, 0) is 9.48 Å². The zero-order valence-electron chi connectivity index (χ0n) is 19.3. The number of halogens is 3. The molecule has 3 aromatic carbocycles. The van der Waals surface area contributed by atoms with Crippen LogP contribution in [0.15, 0.2) is 66.7 Å². The van der Waals surface area contributed by atoms with Crippen LogP contribution in [0, 0.1) is 0 Å². The Balaban J connectivity index is 1.26. The molecule has 9 heteroatoms. The molecule has 36 heavy (non-hydrogen) atoms. The highest BCUT2D eigenvalue weighted by atomic mass is 32.2. The standard InChI is InChI=1S/C27H23F3N2O3S/c1-34-16-10-11-23-22(14-16)26(36-27(28,29)30)12-13-32(24(26)31-23)25(33)35-15-21-19-8-4-2-6-17(19)18-7-3-5-9-20(18)21/h2-11,14,21,24,31H,12-13,15H2,1H3/t24-,26+/m0/s1. The third-order valence-electron chi connectivity index (χ3n) is 7.32. The van der Waals surface area contributed by atoms with Gasteiger partial charge < -0.3 is 14.8 Å². The number of methoxy groups -OCH3 is 1. The van der Waals surface area contributed by atoms with Gasteiger partial charge in [0.25, 0.3) is 0 Å². The van der Waals surface area contributed by atoms with Crippen LogP contribution in [0.2, 0.25) is 0 Å². The molecule has 0 unspecified atom stereocenters. The van der Waals surface area contributed by atoms with Crippen LogP contribution in [0.5, 0.6) is 5.75 Å². The number of anilines is 1. The molecule has 0 radical (unpaired) electrons. The van der Waals surface area contributed by atoms with E-state index in [9.17, 15) is 18.0 Å². The van der Waals surface area contributed by atoms with E-state index in [4.69, 9.17) is 9.47 Å². The van der Waals surface area contributed by atoms with Crippen LogP contribution in [0.1, 0.15) is 29.0 Å². The SMILES string of the molecule is COc1ccc2c(c1)[C@]1(SC(F)(F)F)CCN(C(=O)OCC3c4ccccc4-c4ccccc43)[C@@H]1N2. The quantitative estimate of drug-likeness (QED) is 0.430. The molecular weight excluding hydrogens is 489 g/mol. The van der Waals surface area contributed by atoms with Crippen molar-refractivity contribution in [1.82, 2.24) is 4.90 Å². The van der Waals surface area contributed by atoms with Crippen LogP contribution in [-0.4, -0.2) is 42.9 Å². The largest absolute Gasteiger partial charge is 0.497 e. The number of rotatable bonds is 4. The van der Waals surface area contributed by atoms with Gasteiger partial charge in [-0.05, 0) is 64.2 Å². The summed E-state index contributed by atoms with van der Waals surface area (Å²) in [6.45, 7) is 0.254. The lowest BCUT2D eigenvalue weighted by atomic mass is 9.97. The summed E-state index contributed by atoms with van der Waals surface area (Å²) in [5, 5.41) is 3.15. The van der Waals surface area contributed by atoms with E-state index in [1.165, 1.54) is 12.0 Å². The third-order valence-corrected chi connectivity index (χ3v) is 8.56. The molecule has 5 nitrogen and oxygen atoms in total. The molecule has 1 aliphatic carbocycles. The normalized spacial score (nSPS) is 21.9. The lowest BCUT2D eigenvalue weighted by Gasteiger charge is -2.32. The Morgan fingerprint density at radius 1 is 1.08 bits per heavy atom. The van der Waals surface area contributed by atoms with E-state index in [0.717, 1.165) is 22.3 Å². The minimum atomic E-state index is -4.48. The molecule has 0 spiro atoms. The minimum Gasteiger partial charge on any atom is -0.497 e. The van der Waals surface area contributed by atoms with Gasteiger partial charge in [-0.15, -0.1) is 0 Å². The molecule has 0 aromatic heterocycles. The molecule has 3 aliphatic rings. The number of thioether (sulfide) groups is 1. The summed E-state index contributed by atoms with van der Waals surface area (Å²) in [6.07, 6.45) is -1.38. The average Bonchev–Trinajstić information content (AvgIpc) is 3.47. The lowest BCUT2D eigenvalue weighted by Crippen LogP contribution is -2.46. The van der Waals surface area contributed by atoms with Crippen molar-refractivity contribution < 1.29 is 27.4 Å². The number of alkyl halides is 3. The zero-order chi connectivity index (χ0) is 25.1. The number of benzene rings is 3. The minimum absolute atomic E-state index is 0.0773. The van der Waals surface area contributed by atoms with Crippen molar-refractivity contribution in [2.24, 2.45) is 0 Å². The van der Waals surface area contributed by atoms with E-state index < -0.39 is 22.5 Å². The molecule has 1 fully saturated rings. The second-order valence-electron chi connectivity index (χ2n) is 9.14. The highest BCUT2D eigenvalue weighted by Gasteiger charge is 2.60. The molecule has 186 valence electrons. The number of carbonyl (C=O) groups is 1. The third kappa shape index (κ3) is 3.59. The molecule has 1 amide bonds. The molecule has 0 saturated carbocycles. The molecule has 1 saturated heterocycles. The molecule has 2 heterocycles. The van der Waals surface area contributed by atoms with Crippen LogP contribution in [0.4, 0.5) is 23.7 Å². The summed E-state index contributed by atoms with van der Waals surface area (Å²) in [5.41, 5.74) is 0.941. The number of hydrogen-bond acceptors (Lipinski definition) is 5. The van der Waals surface area contributed by atoms with Gasteiger partial charge in [-0.25, -0.2) is 4.79 Å². The smallest absolute Gasteiger partial charge is 0.442 e. The van der Waals surface area contributed by atoms with Gasteiger partial charge in [-0.3, -0.25) is 4.90 Å². The van der Waals surface area contributed by atoms with E-state index in [1.54, 1.807) is 18.2 Å². The molecule has 2 atom stereocenters. The maximum absolute atomic E-state index is 13.7. The molecule has 1 N–H and O–H groups in total. The fourth-order valence-corrected chi connectivity index (χ4v) is 6.98. The first-order chi connectivity index (χ1) is 17.3. The molecule has 3 aromatic rings. The maximum atomic E-state index is 13.7. The Hall–Kier alpha value is -3.33. The van der Waals surface area contributed by atoms with Gasteiger partial charge in [0.2, 0.25) is 0 Å². The first-order valence-electron chi connectivity index (χ1n) is 11.6. The zero-order valence-corrected chi connectivity index (χ0v) is 20.2. The second-order valence-corrected chi connectivity index (χ2v) is 10.5. The second kappa shape index (κ2) is 8.37. The van der Waals surface area contributed by atoms with E-state index >= 15 is 0 Å². The van der Waals surface area contributed by atoms with E-state index in [2.05, 4.69) is 5.32 Å². The molecule has 2 aliphatic heterocycles. The molecular formula is C27H23F3N2O3S. The Morgan fingerprint density at radius 3 is 2.39 bits per heavy atom. The monoisotopic (exact) mass is 512 g/mol. The van der Waals surface area contributed by atoms with Gasteiger partial charge in [0.05, 0.1) is 11.9 Å². The van der Waals surface area contributed by atoms with Crippen LogP contribution in [0.3, 0.4) is 0 Å². The summed E-state index contributed by atoms with van der Waals surface area (Å²) >= 11 is -0.0773.